The largest absolute Gasteiger partial charge is 0.484 e. The molecule has 1 aromatic heterocycles. The van der Waals surface area contributed by atoms with Crippen LogP contribution in [-0.2, 0) is 13.0 Å². The minimum atomic E-state index is -0.330. The molecule has 0 spiro atoms. The van der Waals surface area contributed by atoms with Gasteiger partial charge in [-0.05, 0) is 34.1 Å². The molecule has 1 heterocycles. The van der Waals surface area contributed by atoms with Gasteiger partial charge in [-0.15, -0.1) is 0 Å². The number of aryl methyl sites for hydroxylation is 1. The van der Waals surface area contributed by atoms with Gasteiger partial charge >= 0.3 is 0 Å². The van der Waals surface area contributed by atoms with Crippen LogP contribution in [0.2, 0.25) is 0 Å². The van der Waals surface area contributed by atoms with Crippen molar-refractivity contribution < 1.29 is 13.7 Å². The van der Waals surface area contributed by atoms with Gasteiger partial charge in [0, 0.05) is 6.42 Å². The van der Waals surface area contributed by atoms with E-state index in [1.54, 1.807) is 6.07 Å². The normalized spacial score (nSPS) is 10.5. The lowest BCUT2D eigenvalue weighted by Crippen LogP contribution is -1.96. The lowest BCUT2D eigenvalue weighted by Gasteiger charge is -2.03. The number of aromatic nitrogens is 2. The highest BCUT2D eigenvalue weighted by Crippen LogP contribution is 2.22. The highest BCUT2D eigenvalue weighted by Gasteiger charge is 2.06. The van der Waals surface area contributed by atoms with Crippen LogP contribution >= 0.6 is 15.9 Å². The maximum atomic E-state index is 13.0. The first-order valence-corrected chi connectivity index (χ1v) is 5.87. The number of ether oxygens (including phenoxy) is 1. The van der Waals surface area contributed by atoms with Crippen LogP contribution in [0.25, 0.3) is 0 Å². The van der Waals surface area contributed by atoms with Gasteiger partial charge < -0.3 is 9.26 Å². The van der Waals surface area contributed by atoms with Gasteiger partial charge in [-0.1, -0.05) is 12.1 Å². The molecule has 0 aliphatic heterocycles. The van der Waals surface area contributed by atoms with Crippen molar-refractivity contribution in [2.75, 3.05) is 0 Å². The molecule has 0 aliphatic carbocycles. The second-order valence-corrected chi connectivity index (χ2v) is 4.18. The topological polar surface area (TPSA) is 48.2 Å². The Bertz CT molecular complexity index is 516. The fourth-order valence-corrected chi connectivity index (χ4v) is 1.56. The maximum absolute atomic E-state index is 13.0. The van der Waals surface area contributed by atoms with Gasteiger partial charge in [0.25, 0.3) is 5.89 Å². The van der Waals surface area contributed by atoms with Crippen LogP contribution in [0.1, 0.15) is 18.6 Å². The molecule has 0 N–H and O–H groups in total. The summed E-state index contributed by atoms with van der Waals surface area (Å²) in [6.45, 7) is 2.11. The van der Waals surface area contributed by atoms with Crippen molar-refractivity contribution in [3.8, 4) is 5.75 Å². The lowest BCUT2D eigenvalue weighted by molar-refractivity contribution is 0.242. The molecule has 2 aromatic rings. The Morgan fingerprint density at radius 3 is 2.94 bits per heavy atom. The third-order valence-corrected chi connectivity index (χ3v) is 2.69. The summed E-state index contributed by atoms with van der Waals surface area (Å²) in [6.07, 6.45) is 0.714. The quantitative estimate of drug-likeness (QED) is 0.870. The van der Waals surface area contributed by atoms with Crippen LogP contribution in [0.4, 0.5) is 4.39 Å². The second kappa shape index (κ2) is 5.27. The Morgan fingerprint density at radius 1 is 1.47 bits per heavy atom. The zero-order chi connectivity index (χ0) is 12.3. The second-order valence-electron chi connectivity index (χ2n) is 3.32. The summed E-state index contributed by atoms with van der Waals surface area (Å²) < 4.78 is 23.7. The van der Waals surface area contributed by atoms with Gasteiger partial charge in [0.15, 0.2) is 12.4 Å². The van der Waals surface area contributed by atoms with E-state index in [9.17, 15) is 4.39 Å². The van der Waals surface area contributed by atoms with E-state index in [4.69, 9.17) is 9.26 Å². The van der Waals surface area contributed by atoms with Crippen LogP contribution in [-0.4, -0.2) is 10.1 Å². The van der Waals surface area contributed by atoms with Gasteiger partial charge in [-0.25, -0.2) is 4.39 Å². The molecule has 17 heavy (non-hydrogen) atoms. The van der Waals surface area contributed by atoms with E-state index >= 15 is 0 Å². The van der Waals surface area contributed by atoms with Crippen molar-refractivity contribution in [2.45, 2.75) is 20.0 Å². The first-order chi connectivity index (χ1) is 8.19. The van der Waals surface area contributed by atoms with E-state index in [2.05, 4.69) is 26.1 Å². The molecule has 0 aliphatic rings. The SMILES string of the molecule is CCc1noc(COc2ccc(F)c(Br)c2)n1. The molecule has 1 aromatic carbocycles. The van der Waals surface area contributed by atoms with E-state index in [1.165, 1.54) is 12.1 Å². The van der Waals surface area contributed by atoms with E-state index < -0.39 is 0 Å². The minimum absolute atomic E-state index is 0.172. The molecular formula is C11H10BrFN2O2. The van der Waals surface area contributed by atoms with Gasteiger partial charge in [0.1, 0.15) is 11.6 Å². The lowest BCUT2D eigenvalue weighted by atomic mass is 10.3. The van der Waals surface area contributed by atoms with Crippen molar-refractivity contribution in [2.24, 2.45) is 0 Å². The molecule has 0 amide bonds. The summed E-state index contributed by atoms with van der Waals surface area (Å²) >= 11 is 3.08. The van der Waals surface area contributed by atoms with Crippen molar-refractivity contribution in [1.29, 1.82) is 0 Å². The standard InChI is InChI=1S/C11H10BrFN2O2/c1-2-10-14-11(17-15-10)6-16-7-3-4-9(13)8(12)5-7/h3-5H,2,6H2,1H3. The average Bonchev–Trinajstić information content (AvgIpc) is 2.79. The first-order valence-electron chi connectivity index (χ1n) is 5.08. The van der Waals surface area contributed by atoms with Gasteiger partial charge in [0.05, 0.1) is 4.47 Å². The first kappa shape index (κ1) is 12.0. The molecule has 0 saturated carbocycles. The number of benzene rings is 1. The summed E-state index contributed by atoms with van der Waals surface area (Å²) in [4.78, 5) is 4.10. The van der Waals surface area contributed by atoms with E-state index in [0.717, 1.165) is 0 Å². The molecule has 0 saturated heterocycles. The van der Waals surface area contributed by atoms with Crippen molar-refractivity contribution in [3.05, 3.63) is 40.2 Å². The molecule has 90 valence electrons. The van der Waals surface area contributed by atoms with E-state index in [1.807, 2.05) is 6.92 Å². The monoisotopic (exact) mass is 300 g/mol. The zero-order valence-corrected chi connectivity index (χ0v) is 10.7. The molecule has 0 bridgehead atoms. The van der Waals surface area contributed by atoms with Crippen LogP contribution in [0.3, 0.4) is 0 Å². The molecule has 4 nitrogen and oxygen atoms in total. The predicted molar refractivity (Wildman–Crippen MR) is 62.1 cm³/mol. The highest BCUT2D eigenvalue weighted by molar-refractivity contribution is 9.10. The average molecular weight is 301 g/mol. The molecule has 0 radical (unpaired) electrons. The third kappa shape index (κ3) is 3.03. The molecule has 6 heteroatoms. The van der Waals surface area contributed by atoms with Crippen molar-refractivity contribution in [1.82, 2.24) is 10.1 Å². The van der Waals surface area contributed by atoms with Crippen LogP contribution in [0.15, 0.2) is 27.2 Å². The van der Waals surface area contributed by atoms with Crippen LogP contribution in [0.5, 0.6) is 5.75 Å². The Balaban J connectivity index is 1.99. The third-order valence-electron chi connectivity index (χ3n) is 2.08. The Labute approximate surface area is 106 Å². The summed E-state index contributed by atoms with van der Waals surface area (Å²) in [6, 6.07) is 4.41. The molecule has 0 unspecified atom stereocenters. The number of nitrogens with zero attached hydrogens (tertiary/aromatic N) is 2. The van der Waals surface area contributed by atoms with E-state index in [0.29, 0.717) is 28.4 Å². The van der Waals surface area contributed by atoms with Crippen molar-refractivity contribution in [3.63, 3.8) is 0 Å². The molecule has 0 fully saturated rings. The number of rotatable bonds is 4. The number of hydrogen-bond donors (Lipinski definition) is 0. The maximum Gasteiger partial charge on any atom is 0.264 e. The summed E-state index contributed by atoms with van der Waals surface area (Å²) in [5, 5.41) is 3.74. The van der Waals surface area contributed by atoms with Crippen LogP contribution < -0.4 is 4.74 Å². The Hall–Kier alpha value is -1.43. The number of hydrogen-bond acceptors (Lipinski definition) is 4. The Kier molecular flexibility index (Phi) is 3.73. The summed E-state index contributed by atoms with van der Waals surface area (Å²) in [5.74, 6) is 1.25. The summed E-state index contributed by atoms with van der Waals surface area (Å²) in [7, 11) is 0. The van der Waals surface area contributed by atoms with Gasteiger partial charge in [-0.3, -0.25) is 0 Å². The van der Waals surface area contributed by atoms with Crippen molar-refractivity contribution >= 4 is 15.9 Å². The van der Waals surface area contributed by atoms with Crippen LogP contribution in [0, 0.1) is 5.82 Å². The molecule has 2 rings (SSSR count). The Morgan fingerprint density at radius 2 is 2.29 bits per heavy atom. The smallest absolute Gasteiger partial charge is 0.264 e. The highest BCUT2D eigenvalue weighted by atomic mass is 79.9. The molecule has 0 atom stereocenters. The zero-order valence-electron chi connectivity index (χ0n) is 9.11. The fourth-order valence-electron chi connectivity index (χ4n) is 1.20. The fraction of sp³-hybridized carbons (Fsp3) is 0.273. The minimum Gasteiger partial charge on any atom is -0.484 e. The van der Waals surface area contributed by atoms with Gasteiger partial charge in [-0.2, -0.15) is 4.98 Å². The van der Waals surface area contributed by atoms with Gasteiger partial charge in [0.2, 0.25) is 0 Å². The molecular weight excluding hydrogens is 291 g/mol. The van der Waals surface area contributed by atoms with E-state index in [-0.39, 0.29) is 12.4 Å². The predicted octanol–water partition coefficient (Wildman–Crippen LogP) is 3.11. The number of halogens is 2. The summed E-state index contributed by atoms with van der Waals surface area (Å²) in [5.41, 5.74) is 0.